The number of hydrogen-bond acceptors (Lipinski definition) is 5. The number of carbonyl (C=O) groups is 1. The lowest BCUT2D eigenvalue weighted by molar-refractivity contribution is 0.0601. The van der Waals surface area contributed by atoms with Crippen molar-refractivity contribution in [1.29, 1.82) is 0 Å². The van der Waals surface area contributed by atoms with Crippen molar-refractivity contribution in [2.75, 3.05) is 30.4 Å². The van der Waals surface area contributed by atoms with E-state index < -0.39 is 0 Å². The molecule has 0 aromatic heterocycles. The molecule has 2 aromatic rings. The fourth-order valence-corrected chi connectivity index (χ4v) is 6.01. The van der Waals surface area contributed by atoms with E-state index >= 15 is 0 Å². The van der Waals surface area contributed by atoms with Crippen LogP contribution >= 0.6 is 0 Å². The Hall–Kier alpha value is -2.82. The predicted octanol–water partition coefficient (Wildman–Crippen LogP) is 5.59. The second kappa shape index (κ2) is 8.37. The van der Waals surface area contributed by atoms with Gasteiger partial charge in [-0.15, -0.1) is 0 Å². The van der Waals surface area contributed by atoms with E-state index in [0.29, 0.717) is 11.5 Å². The molecular formula is C26H31N3O2. The zero-order valence-corrected chi connectivity index (χ0v) is 18.3. The van der Waals surface area contributed by atoms with Crippen molar-refractivity contribution in [2.24, 2.45) is 10.9 Å². The summed E-state index contributed by atoms with van der Waals surface area (Å²) in [7, 11) is 1.41. The van der Waals surface area contributed by atoms with E-state index in [1.54, 1.807) is 0 Å². The van der Waals surface area contributed by atoms with Crippen LogP contribution in [0.1, 0.15) is 55.3 Å². The topological polar surface area (TPSA) is 53.9 Å². The van der Waals surface area contributed by atoms with Gasteiger partial charge in [-0.05, 0) is 68.5 Å². The molecule has 5 heteroatoms. The second-order valence-electron chi connectivity index (χ2n) is 8.99. The molecule has 31 heavy (non-hydrogen) atoms. The van der Waals surface area contributed by atoms with Gasteiger partial charge in [0.05, 0.1) is 24.0 Å². The Bertz CT molecular complexity index is 976. The molecule has 1 unspecified atom stereocenters. The highest BCUT2D eigenvalue weighted by Gasteiger charge is 2.50. The first-order chi connectivity index (χ1) is 15.2. The molecule has 5 nitrogen and oxygen atoms in total. The monoisotopic (exact) mass is 417 g/mol. The van der Waals surface area contributed by atoms with Crippen LogP contribution in [0.4, 0.5) is 17.1 Å². The number of benzene rings is 2. The second-order valence-corrected chi connectivity index (χ2v) is 8.99. The van der Waals surface area contributed by atoms with Crippen molar-refractivity contribution in [1.82, 2.24) is 0 Å². The van der Waals surface area contributed by atoms with Crippen LogP contribution in [0.25, 0.3) is 0 Å². The zero-order valence-electron chi connectivity index (χ0n) is 18.3. The molecular weight excluding hydrogens is 386 g/mol. The van der Waals surface area contributed by atoms with Gasteiger partial charge in [-0.2, -0.15) is 0 Å². The van der Waals surface area contributed by atoms with Gasteiger partial charge in [0.15, 0.2) is 0 Å². The van der Waals surface area contributed by atoms with Gasteiger partial charge in [0.1, 0.15) is 0 Å². The van der Waals surface area contributed by atoms with E-state index in [0.717, 1.165) is 30.9 Å². The molecule has 1 spiro atoms. The fourth-order valence-electron chi connectivity index (χ4n) is 6.01. The lowest BCUT2D eigenvalue weighted by atomic mass is 9.78. The molecule has 1 heterocycles. The van der Waals surface area contributed by atoms with Crippen LogP contribution in [-0.4, -0.2) is 37.4 Å². The van der Waals surface area contributed by atoms with Crippen molar-refractivity contribution < 1.29 is 9.53 Å². The fraction of sp³-hybridized carbons (Fsp3) is 0.462. The Morgan fingerprint density at radius 3 is 2.68 bits per heavy atom. The van der Waals surface area contributed by atoms with Gasteiger partial charge in [0, 0.05) is 35.9 Å². The van der Waals surface area contributed by atoms with Crippen molar-refractivity contribution >= 4 is 28.7 Å². The maximum absolute atomic E-state index is 11.7. The molecule has 2 aliphatic carbocycles. The number of ether oxygens (including phenoxy) is 1. The molecule has 1 atom stereocenters. The highest BCUT2D eigenvalue weighted by Crippen LogP contribution is 2.52. The minimum atomic E-state index is -0.303. The Labute approximate surface area is 184 Å². The maximum Gasteiger partial charge on any atom is 0.337 e. The molecule has 0 bridgehead atoms. The highest BCUT2D eigenvalue weighted by molar-refractivity contribution is 5.95. The molecule has 2 aromatic carbocycles. The molecule has 1 N–H and O–H groups in total. The normalized spacial score (nSPS) is 21.3. The molecule has 2 fully saturated rings. The minimum Gasteiger partial charge on any atom is -0.465 e. The van der Waals surface area contributed by atoms with Gasteiger partial charge in [-0.1, -0.05) is 25.0 Å². The number of carbonyl (C=O) groups excluding carboxylic acids is 1. The van der Waals surface area contributed by atoms with Crippen LogP contribution in [0.15, 0.2) is 53.5 Å². The van der Waals surface area contributed by atoms with Crippen molar-refractivity contribution in [3.05, 3.63) is 54.1 Å². The molecule has 0 amide bonds. The number of esters is 1. The quantitative estimate of drug-likeness (QED) is 0.644. The lowest BCUT2D eigenvalue weighted by Gasteiger charge is -2.46. The molecule has 1 aliphatic heterocycles. The molecule has 0 saturated heterocycles. The van der Waals surface area contributed by atoms with Gasteiger partial charge < -0.3 is 15.0 Å². The van der Waals surface area contributed by atoms with Crippen LogP contribution < -0.4 is 10.2 Å². The first kappa shape index (κ1) is 20.1. The maximum atomic E-state index is 11.7. The van der Waals surface area contributed by atoms with E-state index in [1.807, 2.05) is 24.3 Å². The van der Waals surface area contributed by atoms with E-state index in [1.165, 1.54) is 57.0 Å². The van der Waals surface area contributed by atoms with Crippen LogP contribution in [0.2, 0.25) is 0 Å². The third kappa shape index (κ3) is 3.60. The van der Waals surface area contributed by atoms with Gasteiger partial charge in [0.25, 0.3) is 0 Å². The van der Waals surface area contributed by atoms with Gasteiger partial charge in [0.2, 0.25) is 0 Å². The Morgan fingerprint density at radius 1 is 1.13 bits per heavy atom. The average molecular weight is 418 g/mol. The molecule has 2 saturated carbocycles. The minimum absolute atomic E-state index is 0.207. The number of para-hydroxylation sites is 2. The van der Waals surface area contributed by atoms with Crippen LogP contribution in [0.5, 0.6) is 0 Å². The standard InChI is InChI=1S/C26H31N3O2/c1-31-25(30)19-11-13-20(14-12-19)27-17-18-29-24-10-3-2-8-23(24)28-22-9-6-7-21(22)26(29)15-4-5-16-26/h2-3,8,10-14,21,27H,4-7,9,15-18H2,1H3. The Morgan fingerprint density at radius 2 is 1.90 bits per heavy atom. The molecule has 162 valence electrons. The number of nitrogens with one attached hydrogen (secondary N) is 1. The number of fused-ring (bicyclic) bond motifs is 3. The summed E-state index contributed by atoms with van der Waals surface area (Å²) in [6.45, 7) is 1.78. The van der Waals surface area contributed by atoms with Gasteiger partial charge in [-0.25, -0.2) is 4.79 Å². The highest BCUT2D eigenvalue weighted by atomic mass is 16.5. The third-order valence-corrected chi connectivity index (χ3v) is 7.39. The number of aliphatic imine (C=N–C) groups is 1. The van der Waals surface area contributed by atoms with Crippen molar-refractivity contribution in [3.8, 4) is 0 Å². The molecule has 5 rings (SSSR count). The Balaban J connectivity index is 1.39. The van der Waals surface area contributed by atoms with E-state index in [9.17, 15) is 4.79 Å². The number of methoxy groups -OCH3 is 1. The Kier molecular flexibility index (Phi) is 5.43. The summed E-state index contributed by atoms with van der Waals surface area (Å²) in [4.78, 5) is 19.5. The first-order valence-electron chi connectivity index (χ1n) is 11.6. The summed E-state index contributed by atoms with van der Waals surface area (Å²) >= 11 is 0. The smallest absolute Gasteiger partial charge is 0.337 e. The third-order valence-electron chi connectivity index (χ3n) is 7.39. The number of hydrogen-bond donors (Lipinski definition) is 1. The predicted molar refractivity (Wildman–Crippen MR) is 126 cm³/mol. The first-order valence-corrected chi connectivity index (χ1v) is 11.6. The summed E-state index contributed by atoms with van der Waals surface area (Å²) in [6, 6.07) is 16.2. The summed E-state index contributed by atoms with van der Waals surface area (Å²) in [5.74, 6) is 0.282. The summed E-state index contributed by atoms with van der Waals surface area (Å²) in [5, 5.41) is 3.56. The van der Waals surface area contributed by atoms with Crippen molar-refractivity contribution in [2.45, 2.75) is 50.5 Å². The van der Waals surface area contributed by atoms with Crippen LogP contribution in [0, 0.1) is 5.92 Å². The number of rotatable bonds is 5. The van der Waals surface area contributed by atoms with Crippen LogP contribution in [0.3, 0.4) is 0 Å². The average Bonchev–Trinajstić information content (AvgIpc) is 3.46. The van der Waals surface area contributed by atoms with Gasteiger partial charge in [-0.3, -0.25) is 4.99 Å². The van der Waals surface area contributed by atoms with Crippen LogP contribution in [-0.2, 0) is 4.74 Å². The largest absolute Gasteiger partial charge is 0.465 e. The summed E-state index contributed by atoms with van der Waals surface area (Å²) < 4.78 is 4.79. The lowest BCUT2D eigenvalue weighted by Crippen LogP contribution is -2.54. The van der Waals surface area contributed by atoms with Gasteiger partial charge >= 0.3 is 5.97 Å². The SMILES string of the molecule is COC(=O)c1ccc(NCCN2c3ccccc3N=C3CCCC3C23CCCC3)cc1. The zero-order chi connectivity index (χ0) is 21.3. The van der Waals surface area contributed by atoms with Crippen molar-refractivity contribution in [3.63, 3.8) is 0 Å². The number of nitrogens with zero attached hydrogens (tertiary/aromatic N) is 2. The summed E-state index contributed by atoms with van der Waals surface area (Å²) in [5.41, 5.74) is 5.66. The molecule has 0 radical (unpaired) electrons. The summed E-state index contributed by atoms with van der Waals surface area (Å²) in [6.07, 6.45) is 8.84. The number of anilines is 2. The van der Waals surface area contributed by atoms with E-state index in [2.05, 4.69) is 34.5 Å². The van der Waals surface area contributed by atoms with E-state index in [4.69, 9.17) is 9.73 Å². The van der Waals surface area contributed by atoms with E-state index in [-0.39, 0.29) is 11.5 Å². The molecule has 3 aliphatic rings.